The Morgan fingerprint density at radius 1 is 1.04 bits per heavy atom. The van der Waals surface area contributed by atoms with E-state index in [0.717, 1.165) is 32.1 Å². The van der Waals surface area contributed by atoms with E-state index < -0.39 is 0 Å². The van der Waals surface area contributed by atoms with Gasteiger partial charge in [-0.15, -0.1) is 0 Å². The number of carbonyl (C=O) groups excluding carboxylic acids is 1. The van der Waals surface area contributed by atoms with Crippen LogP contribution in [0.5, 0.6) is 0 Å². The molecule has 0 saturated carbocycles. The van der Waals surface area contributed by atoms with Gasteiger partial charge in [-0.25, -0.2) is 0 Å². The molecule has 1 aliphatic rings. The first-order valence-electron chi connectivity index (χ1n) is 8.95. The van der Waals surface area contributed by atoms with Gasteiger partial charge in [-0.3, -0.25) is 9.79 Å². The van der Waals surface area contributed by atoms with Crippen molar-refractivity contribution in [3.63, 3.8) is 0 Å². The zero-order chi connectivity index (χ0) is 18.3. The van der Waals surface area contributed by atoms with Crippen LogP contribution in [0.3, 0.4) is 0 Å². The maximum absolute atomic E-state index is 11.9. The van der Waals surface area contributed by atoms with Gasteiger partial charge in [0.1, 0.15) is 0 Å². The third-order valence-corrected chi connectivity index (χ3v) is 4.29. The molecule has 0 atom stereocenters. The number of carbonyl (C=O) groups is 1. The zero-order valence-corrected chi connectivity index (χ0v) is 15.9. The number of benzene rings is 1. The molecule has 1 aromatic carbocycles. The number of nitrogens with one attached hydrogen (secondary N) is 2. The SMILES string of the molecule is CN=C(NCCNC(=O)C(C)(C)C)N1CCN(c2ccccc2)CC1. The van der Waals surface area contributed by atoms with Crippen LogP contribution in [0.4, 0.5) is 5.69 Å². The van der Waals surface area contributed by atoms with Crippen molar-refractivity contribution in [1.82, 2.24) is 15.5 Å². The first-order chi connectivity index (χ1) is 11.9. The monoisotopic (exact) mass is 345 g/mol. The molecule has 1 saturated heterocycles. The minimum Gasteiger partial charge on any atom is -0.368 e. The normalized spacial score (nSPS) is 15.9. The van der Waals surface area contributed by atoms with E-state index in [1.54, 1.807) is 7.05 Å². The van der Waals surface area contributed by atoms with Crippen molar-refractivity contribution in [3.8, 4) is 0 Å². The lowest BCUT2D eigenvalue weighted by Gasteiger charge is -2.37. The van der Waals surface area contributed by atoms with Gasteiger partial charge in [0.25, 0.3) is 0 Å². The van der Waals surface area contributed by atoms with E-state index in [1.807, 2.05) is 26.8 Å². The summed E-state index contributed by atoms with van der Waals surface area (Å²) in [4.78, 5) is 20.9. The molecule has 0 radical (unpaired) electrons. The predicted octanol–water partition coefficient (Wildman–Crippen LogP) is 1.55. The van der Waals surface area contributed by atoms with Crippen molar-refractivity contribution in [2.75, 3.05) is 51.2 Å². The van der Waals surface area contributed by atoms with E-state index in [0.29, 0.717) is 13.1 Å². The fourth-order valence-corrected chi connectivity index (χ4v) is 2.76. The van der Waals surface area contributed by atoms with Crippen LogP contribution >= 0.6 is 0 Å². The van der Waals surface area contributed by atoms with Crippen LogP contribution in [-0.2, 0) is 4.79 Å². The summed E-state index contributed by atoms with van der Waals surface area (Å²) in [6, 6.07) is 10.5. The van der Waals surface area contributed by atoms with E-state index >= 15 is 0 Å². The molecule has 138 valence electrons. The molecule has 6 nitrogen and oxygen atoms in total. The highest BCUT2D eigenvalue weighted by Crippen LogP contribution is 2.15. The smallest absolute Gasteiger partial charge is 0.225 e. The van der Waals surface area contributed by atoms with E-state index in [4.69, 9.17) is 0 Å². The molecule has 1 fully saturated rings. The van der Waals surface area contributed by atoms with Gasteiger partial charge in [-0.05, 0) is 12.1 Å². The van der Waals surface area contributed by atoms with Crippen molar-refractivity contribution in [2.24, 2.45) is 10.4 Å². The molecule has 2 N–H and O–H groups in total. The van der Waals surface area contributed by atoms with Crippen LogP contribution in [0.1, 0.15) is 20.8 Å². The molecule has 0 aliphatic carbocycles. The third kappa shape index (κ3) is 5.66. The molecule has 2 rings (SSSR count). The average molecular weight is 345 g/mol. The third-order valence-electron chi connectivity index (χ3n) is 4.29. The Hall–Kier alpha value is -2.24. The van der Waals surface area contributed by atoms with Crippen LogP contribution in [0.15, 0.2) is 35.3 Å². The molecule has 1 aromatic rings. The van der Waals surface area contributed by atoms with E-state index in [1.165, 1.54) is 5.69 Å². The Morgan fingerprint density at radius 3 is 2.20 bits per heavy atom. The summed E-state index contributed by atoms with van der Waals surface area (Å²) in [7, 11) is 1.81. The van der Waals surface area contributed by atoms with Gasteiger partial charge in [0.05, 0.1) is 0 Å². The summed E-state index contributed by atoms with van der Waals surface area (Å²) in [5, 5.41) is 6.29. The maximum Gasteiger partial charge on any atom is 0.225 e. The second-order valence-electron chi connectivity index (χ2n) is 7.29. The fourth-order valence-electron chi connectivity index (χ4n) is 2.76. The van der Waals surface area contributed by atoms with Crippen LogP contribution in [0, 0.1) is 5.41 Å². The van der Waals surface area contributed by atoms with Gasteiger partial charge < -0.3 is 20.4 Å². The average Bonchev–Trinajstić information content (AvgIpc) is 2.62. The number of hydrogen-bond acceptors (Lipinski definition) is 3. The van der Waals surface area contributed by atoms with E-state index in [-0.39, 0.29) is 11.3 Å². The topological polar surface area (TPSA) is 60.0 Å². The molecule has 0 unspecified atom stereocenters. The standard InChI is InChI=1S/C19H31N5O/c1-19(2,3)17(25)21-10-11-22-18(20-4)24-14-12-23(13-15-24)16-8-6-5-7-9-16/h5-9H,10-15H2,1-4H3,(H,20,22)(H,21,25). The summed E-state index contributed by atoms with van der Waals surface area (Å²) in [6.07, 6.45) is 0. The Balaban J connectivity index is 1.74. The van der Waals surface area contributed by atoms with Crippen molar-refractivity contribution in [2.45, 2.75) is 20.8 Å². The van der Waals surface area contributed by atoms with Crippen LogP contribution in [-0.4, -0.2) is 63.1 Å². The minimum absolute atomic E-state index is 0.0702. The highest BCUT2D eigenvalue weighted by molar-refractivity contribution is 5.82. The maximum atomic E-state index is 11.9. The number of anilines is 1. The lowest BCUT2D eigenvalue weighted by molar-refractivity contribution is -0.128. The molecule has 6 heteroatoms. The summed E-state index contributed by atoms with van der Waals surface area (Å²) in [5.41, 5.74) is 0.921. The highest BCUT2D eigenvalue weighted by Gasteiger charge is 2.21. The molecule has 1 amide bonds. The zero-order valence-electron chi connectivity index (χ0n) is 15.9. The first-order valence-corrected chi connectivity index (χ1v) is 8.95. The van der Waals surface area contributed by atoms with Crippen molar-refractivity contribution in [1.29, 1.82) is 0 Å². The van der Waals surface area contributed by atoms with E-state index in [9.17, 15) is 4.79 Å². The van der Waals surface area contributed by atoms with Crippen molar-refractivity contribution >= 4 is 17.6 Å². The summed E-state index contributed by atoms with van der Waals surface area (Å²) in [5.74, 6) is 0.971. The molecule has 1 heterocycles. The van der Waals surface area contributed by atoms with Gasteiger partial charge in [0.2, 0.25) is 5.91 Å². The van der Waals surface area contributed by atoms with Crippen LogP contribution in [0.25, 0.3) is 0 Å². The number of nitrogens with zero attached hydrogens (tertiary/aromatic N) is 3. The molecular formula is C19H31N5O. The first kappa shape index (κ1) is 19.1. The summed E-state index contributed by atoms with van der Waals surface area (Å²) >= 11 is 0. The summed E-state index contributed by atoms with van der Waals surface area (Å²) < 4.78 is 0. The van der Waals surface area contributed by atoms with Crippen LogP contribution in [0.2, 0.25) is 0 Å². The summed E-state index contributed by atoms with van der Waals surface area (Å²) in [6.45, 7) is 10.8. The Bertz CT molecular complexity index is 571. The fraction of sp³-hybridized carbons (Fsp3) is 0.579. The van der Waals surface area contributed by atoms with Gasteiger partial charge in [0.15, 0.2) is 5.96 Å². The second-order valence-corrected chi connectivity index (χ2v) is 7.29. The molecule has 0 aromatic heterocycles. The Kier molecular flexibility index (Phi) is 6.67. The Labute approximate surface area is 151 Å². The predicted molar refractivity (Wildman–Crippen MR) is 104 cm³/mol. The van der Waals surface area contributed by atoms with Crippen molar-refractivity contribution in [3.05, 3.63) is 30.3 Å². The molecular weight excluding hydrogens is 314 g/mol. The van der Waals surface area contributed by atoms with Crippen LogP contribution < -0.4 is 15.5 Å². The largest absolute Gasteiger partial charge is 0.368 e. The van der Waals surface area contributed by atoms with Gasteiger partial charge in [-0.1, -0.05) is 39.0 Å². The minimum atomic E-state index is -0.352. The Morgan fingerprint density at radius 2 is 1.64 bits per heavy atom. The van der Waals surface area contributed by atoms with E-state index in [2.05, 4.69) is 49.7 Å². The van der Waals surface area contributed by atoms with Gasteiger partial charge in [0, 0.05) is 57.4 Å². The molecule has 0 spiro atoms. The number of amides is 1. The highest BCUT2D eigenvalue weighted by atomic mass is 16.2. The number of aliphatic imine (C=N–C) groups is 1. The number of hydrogen-bond donors (Lipinski definition) is 2. The number of para-hydroxylation sites is 1. The number of piperazine rings is 1. The lowest BCUT2D eigenvalue weighted by Crippen LogP contribution is -2.53. The van der Waals surface area contributed by atoms with Crippen molar-refractivity contribution < 1.29 is 4.79 Å². The molecule has 1 aliphatic heterocycles. The molecule has 0 bridgehead atoms. The quantitative estimate of drug-likeness (QED) is 0.494. The number of rotatable bonds is 4. The van der Waals surface area contributed by atoms with Gasteiger partial charge >= 0.3 is 0 Å². The number of guanidine groups is 1. The molecule has 25 heavy (non-hydrogen) atoms. The second kappa shape index (κ2) is 8.74. The van der Waals surface area contributed by atoms with Gasteiger partial charge in [-0.2, -0.15) is 0 Å². The lowest BCUT2D eigenvalue weighted by atomic mass is 9.96.